The molecule has 1 aliphatic rings. The van der Waals surface area contributed by atoms with Crippen molar-refractivity contribution in [2.24, 2.45) is 11.7 Å². The van der Waals surface area contributed by atoms with E-state index in [1.54, 1.807) is 12.1 Å². The van der Waals surface area contributed by atoms with Crippen molar-refractivity contribution in [3.8, 4) is 5.75 Å². The third kappa shape index (κ3) is 6.92. The molecule has 0 radical (unpaired) electrons. The normalized spacial score (nSPS) is 15.4. The van der Waals surface area contributed by atoms with Crippen LogP contribution in [0.25, 0.3) is 0 Å². The summed E-state index contributed by atoms with van der Waals surface area (Å²) < 4.78 is 5.92. The fourth-order valence-corrected chi connectivity index (χ4v) is 2.64. The molecule has 0 heterocycles. The van der Waals surface area contributed by atoms with Crippen molar-refractivity contribution in [2.45, 2.75) is 51.7 Å². The van der Waals surface area contributed by atoms with Crippen molar-refractivity contribution in [3.63, 3.8) is 0 Å². The van der Waals surface area contributed by atoms with Crippen LogP contribution in [0.4, 0.5) is 5.69 Å². The highest BCUT2D eigenvalue weighted by Crippen LogP contribution is 2.25. The van der Waals surface area contributed by atoms with E-state index in [0.717, 1.165) is 18.6 Å². The van der Waals surface area contributed by atoms with Crippen LogP contribution in [0.15, 0.2) is 24.3 Å². The number of benzene rings is 1. The fourth-order valence-electron chi connectivity index (χ4n) is 2.64. The molecule has 0 saturated heterocycles. The molecule has 0 spiro atoms. The lowest BCUT2D eigenvalue weighted by Crippen LogP contribution is -2.46. The Morgan fingerprint density at radius 1 is 1.28 bits per heavy atom. The van der Waals surface area contributed by atoms with Gasteiger partial charge in [-0.2, -0.15) is 0 Å². The molecular formula is C18H28ClN3O3. The van der Waals surface area contributed by atoms with Crippen LogP contribution in [0.5, 0.6) is 5.75 Å². The molecule has 4 N–H and O–H groups in total. The first-order valence-corrected chi connectivity index (χ1v) is 8.55. The molecule has 0 unspecified atom stereocenters. The smallest absolute Gasteiger partial charge is 0.243 e. The Bertz CT molecular complexity index is 574. The van der Waals surface area contributed by atoms with Gasteiger partial charge in [0.2, 0.25) is 11.8 Å². The topological polar surface area (TPSA) is 93.5 Å². The number of amides is 2. The molecular weight excluding hydrogens is 342 g/mol. The zero-order valence-electron chi connectivity index (χ0n) is 14.8. The standard InChI is InChI=1S/C18H27N3O3.ClH/c1-12(2)17(19)18(23)20-11-16(22)21-13-6-5-9-15(10-13)24-14-7-3-4-8-14;/h5-6,9-10,12,14,17H,3-4,7-8,11,19H2,1-2H3,(H,20,23)(H,21,22);1H/t17-;/m0./s1. The fraction of sp³-hybridized carbons (Fsp3) is 0.556. The van der Waals surface area contributed by atoms with Crippen LogP contribution in [0.3, 0.4) is 0 Å². The summed E-state index contributed by atoms with van der Waals surface area (Å²) in [5.41, 5.74) is 6.39. The van der Waals surface area contributed by atoms with E-state index >= 15 is 0 Å². The van der Waals surface area contributed by atoms with Crippen LogP contribution in [0, 0.1) is 5.92 Å². The Balaban J connectivity index is 0.00000312. The number of carbonyl (C=O) groups excluding carboxylic acids is 2. The van der Waals surface area contributed by atoms with Crippen LogP contribution in [0.1, 0.15) is 39.5 Å². The molecule has 1 aromatic rings. The Morgan fingerprint density at radius 2 is 1.96 bits per heavy atom. The second kappa shape index (κ2) is 10.3. The van der Waals surface area contributed by atoms with Crippen LogP contribution in [-0.4, -0.2) is 30.5 Å². The van der Waals surface area contributed by atoms with Gasteiger partial charge in [0.05, 0.1) is 18.7 Å². The predicted molar refractivity (Wildman–Crippen MR) is 101 cm³/mol. The molecule has 1 atom stereocenters. The molecule has 0 aliphatic heterocycles. The third-order valence-corrected chi connectivity index (χ3v) is 4.17. The zero-order chi connectivity index (χ0) is 17.5. The van der Waals surface area contributed by atoms with Gasteiger partial charge < -0.3 is 21.1 Å². The van der Waals surface area contributed by atoms with E-state index in [1.807, 2.05) is 26.0 Å². The maximum atomic E-state index is 12.0. The van der Waals surface area contributed by atoms with Crippen LogP contribution in [-0.2, 0) is 9.59 Å². The lowest BCUT2D eigenvalue weighted by molar-refractivity contribution is -0.125. The first-order valence-electron chi connectivity index (χ1n) is 8.55. The molecule has 0 aromatic heterocycles. The minimum atomic E-state index is -0.610. The van der Waals surface area contributed by atoms with E-state index in [9.17, 15) is 9.59 Å². The highest BCUT2D eigenvalue weighted by molar-refractivity contribution is 5.95. The van der Waals surface area contributed by atoms with Crippen molar-refractivity contribution in [1.82, 2.24) is 5.32 Å². The van der Waals surface area contributed by atoms with Gasteiger partial charge in [-0.1, -0.05) is 19.9 Å². The average molecular weight is 370 g/mol. The van der Waals surface area contributed by atoms with Gasteiger partial charge in [-0.15, -0.1) is 12.4 Å². The summed E-state index contributed by atoms with van der Waals surface area (Å²) in [4.78, 5) is 23.7. The Kier molecular flexibility index (Phi) is 8.72. The number of rotatable bonds is 7. The second-order valence-electron chi connectivity index (χ2n) is 6.59. The summed E-state index contributed by atoms with van der Waals surface area (Å²) >= 11 is 0. The summed E-state index contributed by atoms with van der Waals surface area (Å²) in [5.74, 6) is 0.166. The SMILES string of the molecule is CC(C)[C@H](N)C(=O)NCC(=O)Nc1cccc(OC2CCCC2)c1.Cl. The van der Waals surface area contributed by atoms with Gasteiger partial charge in [0.15, 0.2) is 0 Å². The minimum Gasteiger partial charge on any atom is -0.490 e. The Labute approximate surface area is 155 Å². The summed E-state index contributed by atoms with van der Waals surface area (Å²) in [6, 6.07) is 6.71. The van der Waals surface area contributed by atoms with Crippen molar-refractivity contribution < 1.29 is 14.3 Å². The maximum absolute atomic E-state index is 12.0. The summed E-state index contributed by atoms with van der Waals surface area (Å²) in [7, 11) is 0. The molecule has 2 amide bonds. The molecule has 25 heavy (non-hydrogen) atoms. The van der Waals surface area contributed by atoms with E-state index in [0.29, 0.717) is 5.69 Å². The summed E-state index contributed by atoms with van der Waals surface area (Å²) in [5, 5.41) is 5.31. The molecule has 140 valence electrons. The van der Waals surface area contributed by atoms with Crippen LogP contribution < -0.4 is 21.1 Å². The Morgan fingerprint density at radius 3 is 2.60 bits per heavy atom. The highest BCUT2D eigenvalue weighted by atomic mass is 35.5. The first-order chi connectivity index (χ1) is 11.5. The third-order valence-electron chi connectivity index (χ3n) is 4.17. The molecule has 1 fully saturated rings. The van der Waals surface area contributed by atoms with Gasteiger partial charge >= 0.3 is 0 Å². The van der Waals surface area contributed by atoms with Crippen molar-refractivity contribution in [1.29, 1.82) is 0 Å². The number of ether oxygens (including phenoxy) is 1. The van der Waals surface area contributed by atoms with Gasteiger partial charge in [0.25, 0.3) is 0 Å². The second-order valence-corrected chi connectivity index (χ2v) is 6.59. The lowest BCUT2D eigenvalue weighted by Gasteiger charge is -2.16. The molecule has 1 saturated carbocycles. The van der Waals surface area contributed by atoms with Crippen LogP contribution in [0.2, 0.25) is 0 Å². The van der Waals surface area contributed by atoms with E-state index in [2.05, 4.69) is 10.6 Å². The van der Waals surface area contributed by atoms with Crippen molar-refractivity contribution >= 4 is 29.9 Å². The minimum absolute atomic E-state index is 0. The largest absolute Gasteiger partial charge is 0.490 e. The van der Waals surface area contributed by atoms with Gasteiger partial charge in [-0.25, -0.2) is 0 Å². The molecule has 6 nitrogen and oxygen atoms in total. The first kappa shape index (κ1) is 21.3. The lowest BCUT2D eigenvalue weighted by atomic mass is 10.1. The number of hydrogen-bond donors (Lipinski definition) is 3. The van der Waals surface area contributed by atoms with Crippen LogP contribution >= 0.6 is 12.4 Å². The number of anilines is 1. The van der Waals surface area contributed by atoms with E-state index in [-0.39, 0.29) is 42.8 Å². The number of carbonyl (C=O) groups is 2. The molecule has 2 rings (SSSR count). The van der Waals surface area contributed by atoms with Crippen molar-refractivity contribution in [3.05, 3.63) is 24.3 Å². The van der Waals surface area contributed by atoms with Gasteiger partial charge in [-0.3, -0.25) is 9.59 Å². The monoisotopic (exact) mass is 369 g/mol. The average Bonchev–Trinajstić information content (AvgIpc) is 3.05. The number of hydrogen-bond acceptors (Lipinski definition) is 4. The molecule has 7 heteroatoms. The van der Waals surface area contributed by atoms with E-state index in [4.69, 9.17) is 10.5 Å². The van der Waals surface area contributed by atoms with Gasteiger partial charge in [-0.05, 0) is 43.7 Å². The highest BCUT2D eigenvalue weighted by Gasteiger charge is 2.18. The Hall–Kier alpha value is -1.79. The number of nitrogens with one attached hydrogen (secondary N) is 2. The molecule has 1 aromatic carbocycles. The van der Waals surface area contributed by atoms with Crippen molar-refractivity contribution in [2.75, 3.05) is 11.9 Å². The predicted octanol–water partition coefficient (Wildman–Crippen LogP) is 2.47. The zero-order valence-corrected chi connectivity index (χ0v) is 15.6. The van der Waals surface area contributed by atoms with Gasteiger partial charge in [0.1, 0.15) is 5.75 Å². The molecule has 0 bridgehead atoms. The molecule has 1 aliphatic carbocycles. The van der Waals surface area contributed by atoms with Gasteiger partial charge in [0, 0.05) is 11.8 Å². The van der Waals surface area contributed by atoms with E-state index < -0.39 is 6.04 Å². The van der Waals surface area contributed by atoms with E-state index in [1.165, 1.54) is 12.8 Å². The quantitative estimate of drug-likeness (QED) is 0.688. The summed E-state index contributed by atoms with van der Waals surface area (Å²) in [6.07, 6.45) is 4.85. The number of nitrogens with two attached hydrogens (primary N) is 1. The maximum Gasteiger partial charge on any atom is 0.243 e. The number of halogens is 1. The summed E-state index contributed by atoms with van der Waals surface area (Å²) in [6.45, 7) is 3.62.